The molecule has 0 bridgehead atoms. The summed E-state index contributed by atoms with van der Waals surface area (Å²) >= 11 is 0. The van der Waals surface area contributed by atoms with Gasteiger partial charge >= 0.3 is 0 Å². The van der Waals surface area contributed by atoms with Gasteiger partial charge in [-0.05, 0) is 6.07 Å². The van der Waals surface area contributed by atoms with E-state index in [1.807, 2.05) is 0 Å². The Morgan fingerprint density at radius 1 is 1.50 bits per heavy atom. The van der Waals surface area contributed by atoms with Crippen LogP contribution in [-0.2, 0) is 16.4 Å². The molecule has 0 atom stereocenters. The molecule has 0 spiro atoms. The molecule has 0 N–H and O–H groups in total. The number of sulfone groups is 1. The van der Waals surface area contributed by atoms with E-state index in [4.69, 9.17) is 0 Å². The van der Waals surface area contributed by atoms with Crippen molar-refractivity contribution in [2.45, 2.75) is 13.5 Å². The van der Waals surface area contributed by atoms with Crippen molar-refractivity contribution in [3.63, 3.8) is 0 Å². The highest BCUT2D eigenvalue weighted by atomic mass is 32.2. The summed E-state index contributed by atoms with van der Waals surface area (Å²) < 4.78 is 24.0. The monoisotopic (exact) mass is 215 g/mol. The average molecular weight is 215 g/mol. The maximum atomic E-state index is 11.2. The van der Waals surface area contributed by atoms with Crippen LogP contribution in [0.15, 0.2) is 18.5 Å². The van der Waals surface area contributed by atoms with Gasteiger partial charge in [0.15, 0.2) is 16.1 Å². The molecule has 0 aliphatic heterocycles. The van der Waals surface area contributed by atoms with Crippen LogP contribution in [-0.4, -0.2) is 30.8 Å². The molecule has 1 rings (SSSR count). The molecule has 1 aromatic heterocycles. The van der Waals surface area contributed by atoms with Gasteiger partial charge in [-0.3, -0.25) is 4.79 Å². The molecule has 0 aliphatic rings. The molecule has 5 heteroatoms. The third-order valence-corrected chi connectivity index (χ3v) is 3.69. The number of aldehydes is 1. The van der Waals surface area contributed by atoms with Crippen LogP contribution in [0.2, 0.25) is 0 Å². The maximum absolute atomic E-state index is 11.2. The molecule has 0 radical (unpaired) electrons. The third-order valence-electron chi connectivity index (χ3n) is 2.01. The van der Waals surface area contributed by atoms with Gasteiger partial charge in [0.2, 0.25) is 0 Å². The summed E-state index contributed by atoms with van der Waals surface area (Å²) in [6.07, 6.45) is 4.08. The predicted octanol–water partition coefficient (Wildman–Crippen LogP) is 0.735. The highest BCUT2D eigenvalue weighted by Gasteiger charge is 2.06. The quantitative estimate of drug-likeness (QED) is 0.680. The van der Waals surface area contributed by atoms with Crippen LogP contribution in [0.25, 0.3) is 0 Å². The van der Waals surface area contributed by atoms with Crippen LogP contribution in [0.4, 0.5) is 0 Å². The molecule has 1 aromatic rings. The molecule has 0 saturated heterocycles. The minimum atomic E-state index is -2.92. The molecule has 0 aromatic carbocycles. The van der Waals surface area contributed by atoms with Gasteiger partial charge in [-0.2, -0.15) is 0 Å². The van der Waals surface area contributed by atoms with Gasteiger partial charge in [-0.15, -0.1) is 0 Å². The van der Waals surface area contributed by atoms with Crippen LogP contribution in [0.1, 0.15) is 17.3 Å². The zero-order valence-electron chi connectivity index (χ0n) is 8.01. The van der Waals surface area contributed by atoms with Crippen molar-refractivity contribution < 1.29 is 13.2 Å². The first-order valence-corrected chi connectivity index (χ1v) is 6.21. The minimum Gasteiger partial charge on any atom is -0.353 e. The first-order chi connectivity index (χ1) is 6.57. The number of carbonyl (C=O) groups excluding carboxylic acids is 1. The molecule has 4 nitrogen and oxygen atoms in total. The minimum absolute atomic E-state index is 0.122. The first-order valence-electron chi connectivity index (χ1n) is 4.39. The normalized spacial score (nSPS) is 11.5. The Balaban J connectivity index is 2.58. The molecular weight excluding hydrogens is 202 g/mol. The third kappa shape index (κ3) is 2.99. The maximum Gasteiger partial charge on any atom is 0.151 e. The fourth-order valence-corrected chi connectivity index (χ4v) is 1.83. The van der Waals surface area contributed by atoms with Gasteiger partial charge in [0.05, 0.1) is 5.75 Å². The molecular formula is C9H13NO3S. The summed E-state index contributed by atoms with van der Waals surface area (Å²) in [6.45, 7) is 2.03. The van der Waals surface area contributed by atoms with E-state index in [0.717, 1.165) is 6.29 Å². The summed E-state index contributed by atoms with van der Waals surface area (Å²) in [6, 6.07) is 1.66. The second kappa shape index (κ2) is 4.41. The Morgan fingerprint density at radius 3 is 2.71 bits per heavy atom. The molecule has 78 valence electrons. The number of nitrogens with zero attached hydrogens (tertiary/aromatic N) is 1. The fraction of sp³-hybridized carbons (Fsp3) is 0.444. The zero-order valence-corrected chi connectivity index (χ0v) is 8.83. The molecule has 0 fully saturated rings. The predicted molar refractivity (Wildman–Crippen MR) is 54.1 cm³/mol. The SMILES string of the molecule is CCS(=O)(=O)CCn1ccc(C=O)c1. The van der Waals surface area contributed by atoms with Crippen LogP contribution in [0.5, 0.6) is 0 Å². The lowest BCUT2D eigenvalue weighted by molar-refractivity contribution is 0.112. The lowest BCUT2D eigenvalue weighted by atomic mass is 10.4. The van der Waals surface area contributed by atoms with Crippen molar-refractivity contribution in [3.05, 3.63) is 24.0 Å². The molecule has 14 heavy (non-hydrogen) atoms. The Kier molecular flexibility index (Phi) is 3.46. The van der Waals surface area contributed by atoms with Crippen molar-refractivity contribution >= 4 is 16.1 Å². The number of aryl methyl sites for hydroxylation is 1. The highest BCUT2D eigenvalue weighted by molar-refractivity contribution is 7.91. The van der Waals surface area contributed by atoms with Crippen LogP contribution in [0, 0.1) is 0 Å². The van der Waals surface area contributed by atoms with Gasteiger partial charge in [0.1, 0.15) is 0 Å². The van der Waals surface area contributed by atoms with Crippen LogP contribution >= 0.6 is 0 Å². The van der Waals surface area contributed by atoms with Crippen molar-refractivity contribution in [2.75, 3.05) is 11.5 Å². The van der Waals surface area contributed by atoms with E-state index in [0.29, 0.717) is 12.1 Å². The smallest absolute Gasteiger partial charge is 0.151 e. The highest BCUT2D eigenvalue weighted by Crippen LogP contribution is 1.99. The molecule has 0 amide bonds. The van der Waals surface area contributed by atoms with E-state index >= 15 is 0 Å². The molecule has 0 unspecified atom stereocenters. The van der Waals surface area contributed by atoms with Gasteiger partial charge in [-0.25, -0.2) is 8.42 Å². The van der Waals surface area contributed by atoms with Gasteiger partial charge < -0.3 is 4.57 Å². The van der Waals surface area contributed by atoms with Crippen LogP contribution in [0.3, 0.4) is 0 Å². The summed E-state index contributed by atoms with van der Waals surface area (Å²) in [4.78, 5) is 10.3. The van der Waals surface area contributed by atoms with E-state index in [2.05, 4.69) is 0 Å². The van der Waals surface area contributed by atoms with Gasteiger partial charge in [0.25, 0.3) is 0 Å². The summed E-state index contributed by atoms with van der Waals surface area (Å²) in [7, 11) is -2.92. The first kappa shape index (κ1) is 11.0. The van der Waals surface area contributed by atoms with E-state index < -0.39 is 9.84 Å². The van der Waals surface area contributed by atoms with Crippen molar-refractivity contribution in [1.82, 2.24) is 4.57 Å². The zero-order chi connectivity index (χ0) is 10.6. The molecule has 1 heterocycles. The van der Waals surface area contributed by atoms with Crippen LogP contribution < -0.4 is 0 Å². The summed E-state index contributed by atoms with van der Waals surface area (Å²) in [5.74, 6) is 0.283. The molecule has 0 aliphatic carbocycles. The number of aromatic nitrogens is 1. The lowest BCUT2D eigenvalue weighted by Crippen LogP contribution is -2.13. The molecule has 0 saturated carbocycles. The average Bonchev–Trinajstić information content (AvgIpc) is 2.63. The standard InChI is InChI=1S/C9H13NO3S/c1-2-14(12,13)6-5-10-4-3-9(7-10)8-11/h3-4,7-8H,2,5-6H2,1H3. The fourth-order valence-electron chi connectivity index (χ4n) is 1.06. The van der Waals surface area contributed by atoms with E-state index in [-0.39, 0.29) is 11.5 Å². The van der Waals surface area contributed by atoms with Crippen molar-refractivity contribution in [2.24, 2.45) is 0 Å². The van der Waals surface area contributed by atoms with Crippen molar-refractivity contribution in [3.8, 4) is 0 Å². The topological polar surface area (TPSA) is 56.1 Å². The lowest BCUT2D eigenvalue weighted by Gasteiger charge is -2.02. The Bertz CT molecular complexity index is 405. The Labute approximate surface area is 83.5 Å². The number of carbonyl (C=O) groups is 1. The van der Waals surface area contributed by atoms with E-state index in [1.165, 1.54) is 0 Å². The Morgan fingerprint density at radius 2 is 2.21 bits per heavy atom. The van der Waals surface area contributed by atoms with E-state index in [1.54, 1.807) is 30.0 Å². The van der Waals surface area contributed by atoms with E-state index in [9.17, 15) is 13.2 Å². The summed E-state index contributed by atoms with van der Waals surface area (Å²) in [5, 5.41) is 0. The number of hydrogen-bond donors (Lipinski definition) is 0. The van der Waals surface area contributed by atoms with Gasteiger partial charge in [-0.1, -0.05) is 6.92 Å². The largest absolute Gasteiger partial charge is 0.353 e. The number of rotatable bonds is 5. The number of hydrogen-bond acceptors (Lipinski definition) is 3. The van der Waals surface area contributed by atoms with Crippen molar-refractivity contribution in [1.29, 1.82) is 0 Å². The summed E-state index contributed by atoms with van der Waals surface area (Å²) in [5.41, 5.74) is 0.568. The van der Waals surface area contributed by atoms with Gasteiger partial charge in [0, 0.05) is 30.3 Å². The second-order valence-electron chi connectivity index (χ2n) is 3.04. The Hall–Kier alpha value is -1.10. The second-order valence-corrected chi connectivity index (χ2v) is 5.51.